The third kappa shape index (κ3) is 3.06. The second-order valence-corrected chi connectivity index (χ2v) is 7.05. The minimum atomic E-state index is -0.410. The van der Waals surface area contributed by atoms with Crippen LogP contribution in [0.2, 0.25) is 5.02 Å². The van der Waals surface area contributed by atoms with E-state index in [4.69, 9.17) is 16.3 Å². The standard InChI is InChI=1S/C20H16BrClO2/c1-12(20(23)24-2)18(13-7-9-15(22)10-8-13)19-16-6-4-3-5-14(16)11-17(19)21/h3-10,18H,1,11H2,2H3/t18-/m0/s1. The van der Waals surface area contributed by atoms with Crippen LogP contribution in [-0.4, -0.2) is 13.1 Å². The van der Waals surface area contributed by atoms with Gasteiger partial charge in [-0.3, -0.25) is 0 Å². The first-order valence-corrected chi connectivity index (χ1v) is 8.69. The Bertz CT molecular complexity index is 837. The molecule has 0 heterocycles. The molecule has 4 heteroatoms. The zero-order chi connectivity index (χ0) is 17.3. The summed E-state index contributed by atoms with van der Waals surface area (Å²) in [7, 11) is 1.37. The lowest BCUT2D eigenvalue weighted by atomic mass is 9.83. The van der Waals surface area contributed by atoms with E-state index in [-0.39, 0.29) is 5.92 Å². The molecule has 0 aliphatic heterocycles. The van der Waals surface area contributed by atoms with E-state index in [2.05, 4.69) is 34.6 Å². The lowest BCUT2D eigenvalue weighted by molar-refractivity contribution is -0.136. The van der Waals surface area contributed by atoms with Crippen molar-refractivity contribution in [3.8, 4) is 0 Å². The molecular weight excluding hydrogens is 388 g/mol. The van der Waals surface area contributed by atoms with Crippen molar-refractivity contribution in [1.29, 1.82) is 0 Å². The molecule has 0 bridgehead atoms. The number of fused-ring (bicyclic) bond motifs is 1. The van der Waals surface area contributed by atoms with E-state index in [1.807, 2.05) is 36.4 Å². The average Bonchev–Trinajstić information content (AvgIpc) is 2.92. The molecule has 0 fully saturated rings. The number of halogens is 2. The Morgan fingerprint density at radius 3 is 2.54 bits per heavy atom. The minimum Gasteiger partial charge on any atom is -0.466 e. The number of hydrogen-bond donors (Lipinski definition) is 0. The van der Waals surface area contributed by atoms with Crippen LogP contribution in [0.25, 0.3) is 5.57 Å². The highest BCUT2D eigenvalue weighted by Gasteiger charge is 2.32. The van der Waals surface area contributed by atoms with Gasteiger partial charge in [0.25, 0.3) is 0 Å². The summed E-state index contributed by atoms with van der Waals surface area (Å²) < 4.78 is 5.98. The van der Waals surface area contributed by atoms with Crippen molar-refractivity contribution < 1.29 is 9.53 Å². The Hall–Kier alpha value is -1.84. The fourth-order valence-corrected chi connectivity index (χ4v) is 3.97. The second kappa shape index (κ2) is 6.96. The normalized spacial score (nSPS) is 14.3. The number of carbonyl (C=O) groups is 1. The topological polar surface area (TPSA) is 26.3 Å². The van der Waals surface area contributed by atoms with Crippen molar-refractivity contribution in [3.05, 3.63) is 86.9 Å². The van der Waals surface area contributed by atoms with Gasteiger partial charge in [-0.2, -0.15) is 0 Å². The van der Waals surface area contributed by atoms with Gasteiger partial charge in [-0.1, -0.05) is 70.5 Å². The van der Waals surface area contributed by atoms with E-state index < -0.39 is 5.97 Å². The fourth-order valence-electron chi connectivity index (χ4n) is 3.10. The van der Waals surface area contributed by atoms with E-state index in [9.17, 15) is 4.79 Å². The molecule has 0 N–H and O–H groups in total. The monoisotopic (exact) mass is 402 g/mol. The number of hydrogen-bond acceptors (Lipinski definition) is 2. The molecule has 0 saturated carbocycles. The summed E-state index contributed by atoms with van der Waals surface area (Å²) in [6, 6.07) is 15.7. The quantitative estimate of drug-likeness (QED) is 0.496. The molecule has 2 aromatic rings. The average molecular weight is 404 g/mol. The van der Waals surface area contributed by atoms with Crippen LogP contribution in [0.4, 0.5) is 0 Å². The maximum absolute atomic E-state index is 12.2. The summed E-state index contributed by atoms with van der Waals surface area (Å²) in [5.41, 5.74) is 4.79. The third-order valence-corrected chi connectivity index (χ3v) is 5.19. The van der Waals surface area contributed by atoms with Crippen molar-refractivity contribution in [3.63, 3.8) is 0 Å². The number of carbonyl (C=O) groups excluding carboxylic acids is 1. The molecular formula is C20H16BrClO2. The van der Waals surface area contributed by atoms with Crippen LogP contribution >= 0.6 is 27.5 Å². The Kier molecular flexibility index (Phi) is 4.93. The predicted octanol–water partition coefficient (Wildman–Crippen LogP) is 5.52. The van der Waals surface area contributed by atoms with Gasteiger partial charge in [0, 0.05) is 27.4 Å². The molecule has 2 nitrogen and oxygen atoms in total. The molecule has 122 valence electrons. The van der Waals surface area contributed by atoms with E-state index in [0.29, 0.717) is 10.6 Å². The molecule has 0 amide bonds. The second-order valence-electron chi connectivity index (χ2n) is 5.65. The molecule has 0 aromatic heterocycles. The first kappa shape index (κ1) is 17.0. The molecule has 0 unspecified atom stereocenters. The molecule has 0 saturated heterocycles. The van der Waals surface area contributed by atoms with E-state index in [1.54, 1.807) is 0 Å². The zero-order valence-electron chi connectivity index (χ0n) is 13.2. The smallest absolute Gasteiger partial charge is 0.334 e. The van der Waals surface area contributed by atoms with Gasteiger partial charge in [0.1, 0.15) is 0 Å². The molecule has 3 rings (SSSR count). The van der Waals surface area contributed by atoms with Gasteiger partial charge in [0.2, 0.25) is 0 Å². The van der Waals surface area contributed by atoms with Crippen molar-refractivity contribution >= 4 is 39.1 Å². The Labute approximate surface area is 154 Å². The third-order valence-electron chi connectivity index (χ3n) is 4.23. The fraction of sp³-hybridized carbons (Fsp3) is 0.150. The number of rotatable bonds is 4. The number of methoxy groups -OCH3 is 1. The zero-order valence-corrected chi connectivity index (χ0v) is 15.5. The van der Waals surface area contributed by atoms with Gasteiger partial charge in [-0.15, -0.1) is 0 Å². The number of ether oxygens (including phenoxy) is 1. The van der Waals surface area contributed by atoms with E-state index >= 15 is 0 Å². The highest BCUT2D eigenvalue weighted by atomic mass is 79.9. The molecule has 1 aliphatic carbocycles. The van der Waals surface area contributed by atoms with Gasteiger partial charge in [0.15, 0.2) is 0 Å². The van der Waals surface area contributed by atoms with Gasteiger partial charge in [0.05, 0.1) is 7.11 Å². The summed E-state index contributed by atoms with van der Waals surface area (Å²) in [6.07, 6.45) is 0.810. The number of esters is 1. The Morgan fingerprint density at radius 2 is 1.88 bits per heavy atom. The number of benzene rings is 2. The summed E-state index contributed by atoms with van der Waals surface area (Å²) in [4.78, 5) is 12.2. The van der Waals surface area contributed by atoms with Crippen LogP contribution < -0.4 is 0 Å². The minimum absolute atomic E-state index is 0.284. The highest BCUT2D eigenvalue weighted by molar-refractivity contribution is 9.11. The maximum Gasteiger partial charge on any atom is 0.334 e. The van der Waals surface area contributed by atoms with Gasteiger partial charge >= 0.3 is 5.97 Å². The van der Waals surface area contributed by atoms with E-state index in [1.165, 1.54) is 12.7 Å². The first-order chi connectivity index (χ1) is 11.5. The summed E-state index contributed by atoms with van der Waals surface area (Å²) in [5.74, 6) is -0.695. The Morgan fingerprint density at radius 1 is 1.21 bits per heavy atom. The summed E-state index contributed by atoms with van der Waals surface area (Å²) in [5, 5.41) is 0.654. The molecule has 1 aliphatic rings. The largest absolute Gasteiger partial charge is 0.466 e. The van der Waals surface area contributed by atoms with Crippen molar-refractivity contribution in [2.24, 2.45) is 0 Å². The van der Waals surface area contributed by atoms with Crippen LogP contribution in [0.5, 0.6) is 0 Å². The van der Waals surface area contributed by atoms with Gasteiger partial charge < -0.3 is 4.74 Å². The van der Waals surface area contributed by atoms with Crippen LogP contribution in [0.1, 0.15) is 22.6 Å². The van der Waals surface area contributed by atoms with E-state index in [0.717, 1.165) is 27.6 Å². The highest BCUT2D eigenvalue weighted by Crippen LogP contribution is 2.47. The van der Waals surface area contributed by atoms with Crippen LogP contribution in [0, 0.1) is 0 Å². The van der Waals surface area contributed by atoms with Crippen molar-refractivity contribution in [2.45, 2.75) is 12.3 Å². The predicted molar refractivity (Wildman–Crippen MR) is 101 cm³/mol. The molecule has 2 aromatic carbocycles. The maximum atomic E-state index is 12.2. The number of allylic oxidation sites excluding steroid dienone is 2. The SMILES string of the molecule is C=C(C(=O)OC)[C@H](C1=C(Br)Cc2ccccc21)c1ccc(Cl)cc1. The summed E-state index contributed by atoms with van der Waals surface area (Å²) in [6.45, 7) is 4.01. The molecule has 24 heavy (non-hydrogen) atoms. The van der Waals surface area contributed by atoms with Crippen molar-refractivity contribution in [2.75, 3.05) is 7.11 Å². The van der Waals surface area contributed by atoms with Crippen LogP contribution in [-0.2, 0) is 16.0 Å². The van der Waals surface area contributed by atoms with Crippen LogP contribution in [0.3, 0.4) is 0 Å². The van der Waals surface area contributed by atoms with Crippen LogP contribution in [0.15, 0.2) is 65.2 Å². The Balaban J connectivity index is 2.15. The first-order valence-electron chi connectivity index (χ1n) is 7.52. The van der Waals surface area contributed by atoms with Crippen molar-refractivity contribution in [1.82, 2.24) is 0 Å². The van der Waals surface area contributed by atoms with Gasteiger partial charge in [-0.25, -0.2) is 4.79 Å². The lowest BCUT2D eigenvalue weighted by Gasteiger charge is -2.22. The molecule has 1 atom stereocenters. The summed E-state index contributed by atoms with van der Waals surface area (Å²) >= 11 is 9.72. The van der Waals surface area contributed by atoms with Gasteiger partial charge in [-0.05, 0) is 34.4 Å². The lowest BCUT2D eigenvalue weighted by Crippen LogP contribution is -2.14. The molecule has 0 radical (unpaired) electrons. The molecule has 0 spiro atoms.